The van der Waals surface area contributed by atoms with Gasteiger partial charge in [-0.25, -0.2) is 0 Å². The van der Waals surface area contributed by atoms with Gasteiger partial charge in [-0.05, 0) is 187 Å². The molecule has 0 radical (unpaired) electrons. The minimum atomic E-state index is 0.713. The molecule has 0 amide bonds. The summed E-state index contributed by atoms with van der Waals surface area (Å²) in [5.74, 6) is 0. The summed E-state index contributed by atoms with van der Waals surface area (Å²) < 4.78 is 19.6. The fraction of sp³-hybridized carbons (Fsp3) is 0.0164. The first-order chi connectivity index (χ1) is 64.9. The molecule has 8 heterocycles. The molecular weight excluding hydrogens is 1590 g/mol. The molecule has 8 aromatic heterocycles. The van der Waals surface area contributed by atoms with Crippen molar-refractivity contribution in [2.24, 2.45) is 0 Å². The molecule has 9 heteroatoms. The summed E-state index contributed by atoms with van der Waals surface area (Å²) >= 11 is 0. The van der Waals surface area contributed by atoms with Crippen molar-refractivity contribution in [2.75, 3.05) is 11.9 Å². The monoisotopic (exact) mass is 1670 g/mol. The van der Waals surface area contributed by atoms with Crippen LogP contribution in [0.1, 0.15) is 11.1 Å². The van der Waals surface area contributed by atoms with Crippen molar-refractivity contribution in [2.45, 2.75) is 6.42 Å². The van der Waals surface area contributed by atoms with Crippen molar-refractivity contribution in [3.8, 4) is 45.5 Å². The lowest BCUT2D eigenvalue weighted by molar-refractivity contribution is 1.08. The molecule has 28 aromatic rings. The SMILES string of the molecule is CN(c1cc(-n2c3ccccc3c3ccccc32)cc(-n2c3ccccc3c3ccccc32)c1)c1cc(-n2c3ccccc3c3ccccc32)cc(-n2c3ccccc3c3ccccc32)c1.c1ccc2c(c1)c1ccccc1n2-c1cc(Cc2cc(-n3c4ccccc4c4ccccc43)cc(-n3c4ccccc4c4ccccc43)c2)cc(-n2c3ccccc3c3ccccc32)c1. The van der Waals surface area contributed by atoms with Gasteiger partial charge in [0.2, 0.25) is 0 Å². The molecule has 0 aliphatic rings. The molecule has 0 N–H and O–H groups in total. The van der Waals surface area contributed by atoms with Crippen LogP contribution in [0, 0.1) is 0 Å². The third-order valence-corrected chi connectivity index (χ3v) is 27.6. The number of para-hydroxylation sites is 16. The lowest BCUT2D eigenvalue weighted by Gasteiger charge is -2.25. The molecule has 0 saturated heterocycles. The van der Waals surface area contributed by atoms with Crippen molar-refractivity contribution in [1.82, 2.24) is 36.5 Å². The maximum absolute atomic E-state index is 2.46. The van der Waals surface area contributed by atoms with E-state index < -0.39 is 0 Å². The summed E-state index contributed by atoms with van der Waals surface area (Å²) in [6.07, 6.45) is 0.713. The molecule has 0 bridgehead atoms. The zero-order chi connectivity index (χ0) is 86.0. The van der Waals surface area contributed by atoms with Gasteiger partial charge in [0.15, 0.2) is 0 Å². The minimum Gasteiger partial charge on any atom is -0.344 e. The van der Waals surface area contributed by atoms with Gasteiger partial charge in [-0.15, -0.1) is 0 Å². The molecule has 20 aromatic carbocycles. The van der Waals surface area contributed by atoms with Crippen molar-refractivity contribution >= 4 is 186 Å². The average molecular weight is 1670 g/mol. The van der Waals surface area contributed by atoms with Crippen LogP contribution in [0.5, 0.6) is 0 Å². The molecule has 9 nitrogen and oxygen atoms in total. The zero-order valence-electron chi connectivity index (χ0n) is 71.6. The highest BCUT2D eigenvalue weighted by atomic mass is 15.1. The Morgan fingerprint density at radius 2 is 0.244 bits per heavy atom. The molecule has 614 valence electrons. The summed E-state index contributed by atoms with van der Waals surface area (Å²) in [5, 5.41) is 19.9. The lowest BCUT2D eigenvalue weighted by atomic mass is 10.0. The zero-order valence-corrected chi connectivity index (χ0v) is 71.6. The molecule has 131 heavy (non-hydrogen) atoms. The van der Waals surface area contributed by atoms with Gasteiger partial charge in [-0.2, -0.15) is 0 Å². The van der Waals surface area contributed by atoms with E-state index in [-0.39, 0.29) is 0 Å². The summed E-state index contributed by atoms with van der Waals surface area (Å²) in [7, 11) is 2.22. The molecule has 0 spiro atoms. The Morgan fingerprint density at radius 3 is 0.366 bits per heavy atom. The van der Waals surface area contributed by atoms with Crippen molar-refractivity contribution in [3.05, 3.63) is 472 Å². The van der Waals surface area contributed by atoms with E-state index in [4.69, 9.17) is 0 Å². The second-order valence-corrected chi connectivity index (χ2v) is 34.8. The predicted octanol–water partition coefficient (Wildman–Crippen LogP) is 31.5. The molecule has 0 atom stereocenters. The van der Waals surface area contributed by atoms with E-state index in [1.807, 2.05) is 0 Å². The van der Waals surface area contributed by atoms with Crippen LogP contribution >= 0.6 is 0 Å². The number of fused-ring (bicyclic) bond motifs is 24. The Labute approximate surface area is 753 Å². The number of anilines is 2. The van der Waals surface area contributed by atoms with E-state index in [0.717, 1.165) is 56.9 Å². The third kappa shape index (κ3) is 11.5. The highest BCUT2D eigenvalue weighted by molar-refractivity contribution is 6.17. The molecule has 0 aliphatic heterocycles. The normalized spacial score (nSPS) is 12.0. The fourth-order valence-electron chi connectivity index (χ4n) is 22.1. The van der Waals surface area contributed by atoms with Gasteiger partial charge in [0, 0.05) is 127 Å². The molecule has 0 aliphatic carbocycles. The van der Waals surface area contributed by atoms with Gasteiger partial charge < -0.3 is 41.4 Å². The van der Waals surface area contributed by atoms with Crippen LogP contribution in [0.2, 0.25) is 0 Å². The lowest BCUT2D eigenvalue weighted by Crippen LogP contribution is -2.13. The van der Waals surface area contributed by atoms with Gasteiger partial charge in [-0.3, -0.25) is 0 Å². The second-order valence-electron chi connectivity index (χ2n) is 34.8. The topological polar surface area (TPSA) is 42.7 Å². The second kappa shape index (κ2) is 29.3. The quantitative estimate of drug-likeness (QED) is 0.120. The van der Waals surface area contributed by atoms with Crippen molar-refractivity contribution in [1.29, 1.82) is 0 Å². The highest BCUT2D eigenvalue weighted by Gasteiger charge is 2.26. The third-order valence-electron chi connectivity index (χ3n) is 27.6. The van der Waals surface area contributed by atoms with E-state index in [0.29, 0.717) is 6.42 Å². The highest BCUT2D eigenvalue weighted by Crippen LogP contribution is 2.46. The summed E-state index contributed by atoms with van der Waals surface area (Å²) in [6, 6.07) is 170. The molecule has 0 saturated carbocycles. The van der Waals surface area contributed by atoms with E-state index in [1.54, 1.807) is 0 Å². The number of rotatable bonds is 12. The first-order valence-electron chi connectivity index (χ1n) is 45.1. The Bertz CT molecular complexity index is 8090. The standard InChI is InChI=1S/C61H41N5.C61H40N4/c1-62(40-34-42(63-54-26-10-2-18-46(54)47-19-3-11-27-55(47)63)38-43(35-40)64-56-28-12-4-20-48(56)49-21-5-13-29-57(49)64)41-36-44(65-58-30-14-6-22-50(58)51-23-7-15-31-59(51)65)39-45(37-41)66-60-32-16-8-24-52(60)53-25-9-17-33-61(53)66;1-9-25-54-46(17-1)47-18-2-10-26-55(47)62(54)42-34-40(35-43(38-42)63-56-27-11-3-19-48(56)49-20-4-12-28-57(49)63)33-41-36-44(64-58-29-13-5-21-50(58)51-22-6-14-30-59(51)64)39-45(37-41)65-60-31-15-7-23-52(60)53-24-8-16-32-61(53)65/h2-39H,1H3;1-32,34-39H,33H2. The van der Waals surface area contributed by atoms with Crippen LogP contribution < -0.4 is 4.90 Å². The van der Waals surface area contributed by atoms with Gasteiger partial charge in [0.1, 0.15) is 0 Å². The van der Waals surface area contributed by atoms with E-state index in [2.05, 4.69) is 510 Å². The van der Waals surface area contributed by atoms with E-state index in [1.165, 1.54) is 186 Å². The van der Waals surface area contributed by atoms with Crippen LogP contribution in [0.15, 0.2) is 461 Å². The largest absolute Gasteiger partial charge is 0.344 e. The van der Waals surface area contributed by atoms with Crippen molar-refractivity contribution < 1.29 is 0 Å². The first-order valence-corrected chi connectivity index (χ1v) is 45.1. The first kappa shape index (κ1) is 73.9. The number of hydrogen-bond donors (Lipinski definition) is 0. The van der Waals surface area contributed by atoms with Crippen LogP contribution in [0.3, 0.4) is 0 Å². The Kier molecular flexibility index (Phi) is 16.6. The number of nitrogens with zero attached hydrogens (tertiary/aromatic N) is 9. The predicted molar refractivity (Wildman–Crippen MR) is 551 cm³/mol. The molecule has 0 unspecified atom stereocenters. The maximum atomic E-state index is 2.46. The molecular formula is C122H81N9. The van der Waals surface area contributed by atoms with Gasteiger partial charge in [0.25, 0.3) is 0 Å². The average Bonchev–Trinajstić information content (AvgIpc) is 1.59. The van der Waals surface area contributed by atoms with Crippen LogP contribution in [-0.2, 0) is 6.42 Å². The Hall–Kier alpha value is -17.4. The number of benzene rings is 20. The van der Waals surface area contributed by atoms with Gasteiger partial charge in [0.05, 0.1) is 111 Å². The molecule has 28 rings (SSSR count). The fourth-order valence-corrected chi connectivity index (χ4v) is 22.1. The summed E-state index contributed by atoms with van der Waals surface area (Å²) in [4.78, 5) is 2.38. The summed E-state index contributed by atoms with van der Waals surface area (Å²) in [6.45, 7) is 0. The van der Waals surface area contributed by atoms with Crippen molar-refractivity contribution in [3.63, 3.8) is 0 Å². The van der Waals surface area contributed by atoms with Gasteiger partial charge in [-0.1, -0.05) is 291 Å². The van der Waals surface area contributed by atoms with Gasteiger partial charge >= 0.3 is 0 Å². The van der Waals surface area contributed by atoms with Crippen LogP contribution in [0.25, 0.3) is 220 Å². The Morgan fingerprint density at radius 1 is 0.137 bits per heavy atom. The summed E-state index contributed by atoms with van der Waals surface area (Å²) in [5.41, 5.74) is 32.5. The molecule has 0 fully saturated rings. The minimum absolute atomic E-state index is 0.713. The van der Waals surface area contributed by atoms with E-state index >= 15 is 0 Å². The maximum Gasteiger partial charge on any atom is 0.0541 e. The van der Waals surface area contributed by atoms with Crippen LogP contribution in [0.4, 0.5) is 11.4 Å². The number of aromatic nitrogens is 8. The smallest absolute Gasteiger partial charge is 0.0541 e. The van der Waals surface area contributed by atoms with Crippen LogP contribution in [-0.4, -0.2) is 43.6 Å². The van der Waals surface area contributed by atoms with E-state index in [9.17, 15) is 0 Å². The number of hydrogen-bond acceptors (Lipinski definition) is 1. The Balaban J connectivity index is 0.000000134.